The molecule has 0 radical (unpaired) electrons. The molecule has 0 aromatic carbocycles. The van der Waals surface area contributed by atoms with Crippen LogP contribution >= 0.6 is 0 Å². The molecule has 1 aromatic heterocycles. The monoisotopic (exact) mass is 245 g/mol. The molecule has 0 aliphatic carbocycles. The Hall–Kier alpha value is -1.41. The number of ether oxygens (including phenoxy) is 1. The van der Waals surface area contributed by atoms with Crippen LogP contribution in [0.25, 0.3) is 0 Å². The van der Waals surface area contributed by atoms with E-state index in [1.807, 2.05) is 0 Å². The Balaban J connectivity index is 2.74. The van der Waals surface area contributed by atoms with Gasteiger partial charge in [-0.3, -0.25) is 4.21 Å². The van der Waals surface area contributed by atoms with E-state index in [2.05, 4.69) is 20.7 Å². The first-order chi connectivity index (χ1) is 7.69. The van der Waals surface area contributed by atoms with Crippen LogP contribution in [-0.2, 0) is 10.8 Å². The molecule has 0 aliphatic rings. The van der Waals surface area contributed by atoms with Gasteiger partial charge in [0.2, 0.25) is 5.75 Å². The topological polar surface area (TPSA) is 102 Å². The van der Waals surface area contributed by atoms with Gasteiger partial charge in [0.15, 0.2) is 11.6 Å². The third kappa shape index (κ3) is 3.31. The molecule has 1 rings (SSSR count). The van der Waals surface area contributed by atoms with Crippen LogP contribution in [0.15, 0.2) is 6.33 Å². The molecule has 0 spiro atoms. The smallest absolute Gasteiger partial charge is 0.205 e. The van der Waals surface area contributed by atoms with E-state index in [0.29, 0.717) is 29.7 Å². The summed E-state index contributed by atoms with van der Waals surface area (Å²) in [5.41, 5.74) is 2.41. The van der Waals surface area contributed by atoms with E-state index in [1.54, 1.807) is 6.26 Å². The molecule has 90 valence electrons. The molecule has 4 N–H and O–H groups in total. The molecule has 16 heavy (non-hydrogen) atoms. The lowest BCUT2D eigenvalue weighted by molar-refractivity contribution is 0.414. The number of hydrogen-bond acceptors (Lipinski definition) is 7. The Morgan fingerprint density at radius 2 is 2.19 bits per heavy atom. The molecule has 0 amide bonds. The minimum absolute atomic E-state index is 0.401. The highest BCUT2D eigenvalue weighted by Crippen LogP contribution is 2.27. The maximum atomic E-state index is 10.9. The number of rotatable bonds is 6. The highest BCUT2D eigenvalue weighted by atomic mass is 32.2. The fourth-order valence-electron chi connectivity index (χ4n) is 1.11. The number of hydrogen-bond donors (Lipinski definition) is 3. The highest BCUT2D eigenvalue weighted by molar-refractivity contribution is 7.84. The average Bonchev–Trinajstić information content (AvgIpc) is 2.28. The van der Waals surface area contributed by atoms with Crippen molar-refractivity contribution in [3.05, 3.63) is 6.33 Å². The summed E-state index contributed by atoms with van der Waals surface area (Å²) in [5.74, 6) is 7.18. The largest absolute Gasteiger partial charge is 0.490 e. The van der Waals surface area contributed by atoms with Crippen LogP contribution < -0.4 is 21.3 Å². The van der Waals surface area contributed by atoms with Gasteiger partial charge >= 0.3 is 0 Å². The predicted molar refractivity (Wildman–Crippen MR) is 63.8 cm³/mol. The molecule has 0 aliphatic heterocycles. The van der Waals surface area contributed by atoms with Crippen LogP contribution in [0, 0.1) is 0 Å². The van der Waals surface area contributed by atoms with Crippen molar-refractivity contribution in [1.29, 1.82) is 0 Å². The summed E-state index contributed by atoms with van der Waals surface area (Å²) in [6.45, 7) is 0.542. The fourth-order valence-corrected chi connectivity index (χ4v) is 1.50. The predicted octanol–water partition coefficient (Wildman–Crippen LogP) is -0.439. The first-order valence-electron chi connectivity index (χ1n) is 4.58. The molecule has 0 saturated carbocycles. The molecule has 0 bridgehead atoms. The normalized spacial score (nSPS) is 11.9. The van der Waals surface area contributed by atoms with Crippen LogP contribution in [0.1, 0.15) is 0 Å². The zero-order valence-corrected chi connectivity index (χ0v) is 10.0. The summed E-state index contributed by atoms with van der Waals surface area (Å²) < 4.78 is 16.0. The number of nitrogens with zero attached hydrogens (tertiary/aromatic N) is 2. The third-order valence-electron chi connectivity index (χ3n) is 1.83. The molecule has 8 heteroatoms. The Morgan fingerprint density at radius 1 is 1.50 bits per heavy atom. The van der Waals surface area contributed by atoms with Gasteiger partial charge in [0.25, 0.3) is 0 Å². The van der Waals surface area contributed by atoms with E-state index >= 15 is 0 Å². The zero-order valence-electron chi connectivity index (χ0n) is 9.19. The van der Waals surface area contributed by atoms with Gasteiger partial charge in [-0.1, -0.05) is 0 Å². The summed E-state index contributed by atoms with van der Waals surface area (Å²) in [7, 11) is 0.661. The fraction of sp³-hybridized carbons (Fsp3) is 0.500. The molecule has 7 nitrogen and oxygen atoms in total. The Bertz CT molecular complexity index is 373. The number of anilines is 2. The molecular weight excluding hydrogens is 230 g/mol. The van der Waals surface area contributed by atoms with Crippen molar-refractivity contribution < 1.29 is 8.95 Å². The second kappa shape index (κ2) is 6.23. The Kier molecular flexibility index (Phi) is 4.93. The molecule has 0 fully saturated rings. The molecule has 1 heterocycles. The van der Waals surface area contributed by atoms with E-state index in [1.165, 1.54) is 13.4 Å². The van der Waals surface area contributed by atoms with Crippen molar-refractivity contribution in [2.75, 3.05) is 36.4 Å². The van der Waals surface area contributed by atoms with Crippen molar-refractivity contribution in [3.63, 3.8) is 0 Å². The van der Waals surface area contributed by atoms with Crippen molar-refractivity contribution >= 4 is 22.4 Å². The van der Waals surface area contributed by atoms with Gasteiger partial charge in [0.1, 0.15) is 6.33 Å². The van der Waals surface area contributed by atoms with Gasteiger partial charge in [-0.2, -0.15) is 0 Å². The number of nitrogen functional groups attached to an aromatic ring is 1. The average molecular weight is 245 g/mol. The molecule has 0 saturated heterocycles. The standard InChI is InChI=1S/C8H15N5O2S/c1-15-6-7(10-3-4-16(2)14)11-5-12-8(6)13-9/h5H,3-4,9H2,1-2H3,(H2,10,11,12,13). The summed E-state index contributed by atoms with van der Waals surface area (Å²) in [6.07, 6.45) is 3.01. The number of nitrogens with two attached hydrogens (primary N) is 1. The van der Waals surface area contributed by atoms with E-state index in [-0.39, 0.29) is 0 Å². The zero-order chi connectivity index (χ0) is 12.0. The molecule has 1 aromatic rings. The number of nitrogens with one attached hydrogen (secondary N) is 2. The first-order valence-corrected chi connectivity index (χ1v) is 6.31. The van der Waals surface area contributed by atoms with Gasteiger partial charge in [-0.25, -0.2) is 15.8 Å². The summed E-state index contributed by atoms with van der Waals surface area (Å²) in [6, 6.07) is 0. The number of methoxy groups -OCH3 is 1. The van der Waals surface area contributed by atoms with Crippen molar-refractivity contribution in [2.45, 2.75) is 0 Å². The minimum Gasteiger partial charge on any atom is -0.490 e. The van der Waals surface area contributed by atoms with Gasteiger partial charge < -0.3 is 15.5 Å². The Labute approximate surface area is 96.2 Å². The van der Waals surface area contributed by atoms with Gasteiger partial charge in [-0.05, 0) is 0 Å². The van der Waals surface area contributed by atoms with Crippen molar-refractivity contribution in [1.82, 2.24) is 9.97 Å². The first kappa shape index (κ1) is 12.7. The third-order valence-corrected chi connectivity index (χ3v) is 2.61. The molecule has 1 atom stereocenters. The maximum Gasteiger partial charge on any atom is 0.205 e. The van der Waals surface area contributed by atoms with E-state index in [4.69, 9.17) is 10.6 Å². The van der Waals surface area contributed by atoms with Crippen molar-refractivity contribution in [3.8, 4) is 5.75 Å². The second-order valence-electron chi connectivity index (χ2n) is 2.95. The summed E-state index contributed by atoms with van der Waals surface area (Å²) >= 11 is 0. The molecule has 1 unspecified atom stereocenters. The van der Waals surface area contributed by atoms with E-state index in [0.717, 1.165) is 0 Å². The van der Waals surface area contributed by atoms with Gasteiger partial charge in [0, 0.05) is 29.4 Å². The number of hydrazine groups is 1. The van der Waals surface area contributed by atoms with Crippen LogP contribution in [0.2, 0.25) is 0 Å². The maximum absolute atomic E-state index is 10.9. The van der Waals surface area contributed by atoms with Crippen LogP contribution in [-0.4, -0.2) is 39.8 Å². The summed E-state index contributed by atoms with van der Waals surface area (Å²) in [5, 5.41) is 3.01. The van der Waals surface area contributed by atoms with Crippen LogP contribution in [0.5, 0.6) is 5.75 Å². The highest BCUT2D eigenvalue weighted by Gasteiger charge is 2.10. The number of aromatic nitrogens is 2. The second-order valence-corrected chi connectivity index (χ2v) is 4.51. The molecular formula is C8H15N5O2S. The van der Waals surface area contributed by atoms with Gasteiger partial charge in [-0.15, -0.1) is 0 Å². The van der Waals surface area contributed by atoms with E-state index < -0.39 is 10.8 Å². The van der Waals surface area contributed by atoms with E-state index in [9.17, 15) is 4.21 Å². The lowest BCUT2D eigenvalue weighted by atomic mass is 10.4. The quantitative estimate of drug-likeness (QED) is 0.461. The lowest BCUT2D eigenvalue weighted by Gasteiger charge is -2.11. The van der Waals surface area contributed by atoms with Crippen LogP contribution in [0.3, 0.4) is 0 Å². The minimum atomic E-state index is -0.842. The Morgan fingerprint density at radius 3 is 2.75 bits per heavy atom. The SMILES string of the molecule is COc1c(NN)ncnc1NCCS(C)=O. The van der Waals surface area contributed by atoms with Crippen LogP contribution in [0.4, 0.5) is 11.6 Å². The van der Waals surface area contributed by atoms with Crippen molar-refractivity contribution in [2.24, 2.45) is 5.84 Å². The summed E-state index contributed by atoms with van der Waals surface area (Å²) in [4.78, 5) is 7.91. The lowest BCUT2D eigenvalue weighted by Crippen LogP contribution is -2.15. The van der Waals surface area contributed by atoms with Gasteiger partial charge in [0.05, 0.1) is 7.11 Å².